The van der Waals surface area contributed by atoms with Crippen LogP contribution in [0.25, 0.3) is 21.6 Å². The van der Waals surface area contributed by atoms with E-state index < -0.39 is 0 Å². The number of thiophene rings is 1. The zero-order chi connectivity index (χ0) is 12.5. The molecule has 6 heteroatoms. The summed E-state index contributed by atoms with van der Waals surface area (Å²) >= 11 is 1.60. The van der Waals surface area contributed by atoms with Gasteiger partial charge < -0.3 is 10.7 Å². The topological polar surface area (TPSA) is 84.7 Å². The van der Waals surface area contributed by atoms with Gasteiger partial charge in [0.05, 0.1) is 15.9 Å². The molecule has 0 saturated carbocycles. The molecule has 0 aliphatic carbocycles. The molecule has 3 aromatic heterocycles. The fourth-order valence-corrected chi connectivity index (χ4v) is 2.51. The molecule has 0 atom stereocenters. The number of fused-ring (bicyclic) bond motifs is 1. The van der Waals surface area contributed by atoms with Crippen molar-refractivity contribution in [2.75, 3.05) is 0 Å². The van der Waals surface area contributed by atoms with Gasteiger partial charge in [0.1, 0.15) is 5.82 Å². The van der Waals surface area contributed by atoms with E-state index in [1.54, 1.807) is 17.5 Å². The maximum Gasteiger partial charge on any atom is 0.251 e. The molecule has 5 nitrogen and oxygen atoms in total. The number of hydrogen-bond donors (Lipinski definition) is 2. The van der Waals surface area contributed by atoms with Crippen LogP contribution in [0.4, 0.5) is 0 Å². The van der Waals surface area contributed by atoms with Crippen molar-refractivity contribution in [3.63, 3.8) is 0 Å². The third kappa shape index (κ3) is 1.92. The molecule has 3 rings (SSSR count). The molecular formula is C12H10N4OS. The van der Waals surface area contributed by atoms with Gasteiger partial charge in [0.15, 0.2) is 0 Å². The molecule has 3 N–H and O–H groups in total. The summed E-state index contributed by atoms with van der Waals surface area (Å²) in [7, 11) is 0. The number of H-pyrrole nitrogens is 1. The van der Waals surface area contributed by atoms with Crippen LogP contribution in [0.15, 0.2) is 34.6 Å². The number of hydrogen-bond acceptors (Lipinski definition) is 5. The second kappa shape index (κ2) is 4.32. The summed E-state index contributed by atoms with van der Waals surface area (Å²) in [5.74, 6) is 0.505. The van der Waals surface area contributed by atoms with E-state index in [2.05, 4.69) is 15.0 Å². The largest absolute Gasteiger partial charge is 0.325 e. The first kappa shape index (κ1) is 11.1. The van der Waals surface area contributed by atoms with E-state index in [9.17, 15) is 4.79 Å². The van der Waals surface area contributed by atoms with Crippen LogP contribution in [0, 0.1) is 0 Å². The minimum atomic E-state index is -0.202. The molecule has 3 aromatic rings. The van der Waals surface area contributed by atoms with E-state index in [0.29, 0.717) is 11.5 Å². The van der Waals surface area contributed by atoms with Crippen molar-refractivity contribution in [1.29, 1.82) is 0 Å². The predicted molar refractivity (Wildman–Crippen MR) is 71.4 cm³/mol. The third-order valence-corrected chi connectivity index (χ3v) is 3.43. The Kier molecular flexibility index (Phi) is 2.66. The van der Waals surface area contributed by atoms with E-state index in [-0.39, 0.29) is 12.1 Å². The average Bonchev–Trinajstić information content (AvgIpc) is 2.85. The van der Waals surface area contributed by atoms with E-state index in [4.69, 9.17) is 5.73 Å². The molecule has 0 bridgehead atoms. The molecule has 0 radical (unpaired) electrons. The van der Waals surface area contributed by atoms with Crippen LogP contribution in [0.2, 0.25) is 0 Å². The SMILES string of the molecule is NCc1cc(=O)[nH]c(-c2cnc3ccsc3c2)n1. The van der Waals surface area contributed by atoms with Gasteiger partial charge in [-0.2, -0.15) is 0 Å². The van der Waals surface area contributed by atoms with Gasteiger partial charge in [0.25, 0.3) is 5.56 Å². The quantitative estimate of drug-likeness (QED) is 0.729. The van der Waals surface area contributed by atoms with Gasteiger partial charge in [-0.05, 0) is 17.5 Å². The Balaban J connectivity index is 2.18. The van der Waals surface area contributed by atoms with Crippen LogP contribution < -0.4 is 11.3 Å². The Morgan fingerprint density at radius 1 is 1.39 bits per heavy atom. The van der Waals surface area contributed by atoms with Crippen molar-refractivity contribution in [3.05, 3.63) is 45.8 Å². The Bertz CT molecular complexity index is 762. The van der Waals surface area contributed by atoms with Gasteiger partial charge in [-0.25, -0.2) is 4.98 Å². The summed E-state index contributed by atoms with van der Waals surface area (Å²) in [6.07, 6.45) is 1.70. The van der Waals surface area contributed by atoms with Crippen molar-refractivity contribution >= 4 is 21.6 Å². The van der Waals surface area contributed by atoms with Crippen molar-refractivity contribution in [2.24, 2.45) is 5.73 Å². The summed E-state index contributed by atoms with van der Waals surface area (Å²) in [5.41, 5.74) is 7.61. The molecule has 0 saturated heterocycles. The van der Waals surface area contributed by atoms with Crippen LogP contribution in [-0.4, -0.2) is 15.0 Å². The lowest BCUT2D eigenvalue weighted by molar-refractivity contribution is 0.955. The monoisotopic (exact) mass is 258 g/mol. The highest BCUT2D eigenvalue weighted by Gasteiger charge is 2.05. The highest BCUT2D eigenvalue weighted by molar-refractivity contribution is 7.17. The van der Waals surface area contributed by atoms with E-state index in [0.717, 1.165) is 15.8 Å². The predicted octanol–water partition coefficient (Wildman–Crippen LogP) is 1.51. The lowest BCUT2D eigenvalue weighted by Gasteiger charge is -2.02. The average molecular weight is 258 g/mol. The summed E-state index contributed by atoms with van der Waals surface area (Å²) in [4.78, 5) is 22.8. The van der Waals surface area contributed by atoms with E-state index >= 15 is 0 Å². The highest BCUT2D eigenvalue weighted by atomic mass is 32.1. The number of pyridine rings is 1. The number of aromatic amines is 1. The lowest BCUT2D eigenvalue weighted by atomic mass is 10.2. The summed E-state index contributed by atoms with van der Waals surface area (Å²) in [5, 5.41) is 1.98. The maximum absolute atomic E-state index is 11.5. The molecule has 0 unspecified atom stereocenters. The molecule has 0 fully saturated rings. The Labute approximate surface area is 106 Å². The Morgan fingerprint density at radius 3 is 3.11 bits per heavy atom. The molecule has 90 valence electrons. The molecule has 18 heavy (non-hydrogen) atoms. The summed E-state index contributed by atoms with van der Waals surface area (Å²) < 4.78 is 1.06. The lowest BCUT2D eigenvalue weighted by Crippen LogP contribution is -2.12. The van der Waals surface area contributed by atoms with Crippen LogP contribution in [-0.2, 0) is 6.54 Å². The van der Waals surface area contributed by atoms with Crippen molar-refractivity contribution < 1.29 is 0 Å². The van der Waals surface area contributed by atoms with Crippen molar-refractivity contribution in [2.45, 2.75) is 6.54 Å². The molecule has 0 aliphatic heterocycles. The molecule has 0 spiro atoms. The van der Waals surface area contributed by atoms with Gasteiger partial charge in [-0.3, -0.25) is 9.78 Å². The molecule has 0 amide bonds. The first-order valence-electron chi connectivity index (χ1n) is 5.40. The molecule has 0 aromatic carbocycles. The number of nitrogens with two attached hydrogens (primary N) is 1. The zero-order valence-electron chi connectivity index (χ0n) is 9.38. The number of nitrogens with one attached hydrogen (secondary N) is 1. The van der Waals surface area contributed by atoms with Gasteiger partial charge in [-0.1, -0.05) is 0 Å². The molecule has 0 aliphatic rings. The Hall–Kier alpha value is -2.05. The normalized spacial score (nSPS) is 10.9. The fourth-order valence-electron chi connectivity index (χ4n) is 1.73. The van der Waals surface area contributed by atoms with E-state index in [1.165, 1.54) is 6.07 Å². The second-order valence-electron chi connectivity index (χ2n) is 3.82. The molecular weight excluding hydrogens is 248 g/mol. The van der Waals surface area contributed by atoms with Crippen LogP contribution in [0.1, 0.15) is 5.69 Å². The van der Waals surface area contributed by atoms with Crippen molar-refractivity contribution in [3.8, 4) is 11.4 Å². The van der Waals surface area contributed by atoms with Crippen LogP contribution in [0.3, 0.4) is 0 Å². The minimum Gasteiger partial charge on any atom is -0.325 e. The first-order chi connectivity index (χ1) is 8.76. The van der Waals surface area contributed by atoms with Gasteiger partial charge in [0.2, 0.25) is 0 Å². The maximum atomic E-state index is 11.5. The minimum absolute atomic E-state index is 0.202. The standard InChI is InChI=1S/C12H10N4OS/c13-5-8-4-11(17)16-12(15-8)7-3-10-9(14-6-7)1-2-18-10/h1-4,6H,5,13H2,(H,15,16,17). The number of rotatable bonds is 2. The highest BCUT2D eigenvalue weighted by Crippen LogP contribution is 2.23. The number of nitrogens with zero attached hydrogens (tertiary/aromatic N) is 2. The van der Waals surface area contributed by atoms with Gasteiger partial charge in [-0.15, -0.1) is 11.3 Å². The van der Waals surface area contributed by atoms with Crippen LogP contribution >= 0.6 is 11.3 Å². The summed E-state index contributed by atoms with van der Waals surface area (Å²) in [6.45, 7) is 0.242. The molecule has 3 heterocycles. The first-order valence-corrected chi connectivity index (χ1v) is 6.28. The van der Waals surface area contributed by atoms with Crippen molar-refractivity contribution in [1.82, 2.24) is 15.0 Å². The third-order valence-electron chi connectivity index (χ3n) is 2.58. The van der Waals surface area contributed by atoms with Gasteiger partial charge >= 0.3 is 0 Å². The van der Waals surface area contributed by atoms with E-state index in [1.807, 2.05) is 17.5 Å². The fraction of sp³-hybridized carbons (Fsp3) is 0.0833. The van der Waals surface area contributed by atoms with Crippen LogP contribution in [0.5, 0.6) is 0 Å². The zero-order valence-corrected chi connectivity index (χ0v) is 10.2. The summed E-state index contributed by atoms with van der Waals surface area (Å²) in [6, 6.07) is 5.32. The Morgan fingerprint density at radius 2 is 2.28 bits per heavy atom. The second-order valence-corrected chi connectivity index (χ2v) is 4.77. The van der Waals surface area contributed by atoms with Gasteiger partial charge in [0, 0.05) is 24.4 Å². The number of aromatic nitrogens is 3. The smallest absolute Gasteiger partial charge is 0.251 e.